The van der Waals surface area contributed by atoms with Gasteiger partial charge in [0.05, 0.1) is 6.20 Å². The summed E-state index contributed by atoms with van der Waals surface area (Å²) in [5.41, 5.74) is 0. The number of benzene rings is 1. The molecule has 2 heterocycles. The molecule has 0 bridgehead atoms. The van der Waals surface area contributed by atoms with E-state index >= 15 is 0 Å². The lowest BCUT2D eigenvalue weighted by atomic mass is 10.2. The summed E-state index contributed by atoms with van der Waals surface area (Å²) >= 11 is 2.85. The summed E-state index contributed by atoms with van der Waals surface area (Å²) in [4.78, 5) is 17.6. The van der Waals surface area contributed by atoms with E-state index in [1.807, 2.05) is 37.3 Å². The highest BCUT2D eigenvalue weighted by molar-refractivity contribution is 7.19. The van der Waals surface area contributed by atoms with Crippen LogP contribution in [0.15, 0.2) is 36.5 Å². The lowest BCUT2D eigenvalue weighted by Crippen LogP contribution is -2.27. The van der Waals surface area contributed by atoms with E-state index < -0.39 is 6.10 Å². The molecule has 2 aromatic heterocycles. The standard InChI is InChI=1S/C16H17N3O2S2/c1-2-17-16-19-9-14(23-16)15(21)18-8-11(20)13-7-10-5-3-4-6-12(10)22-13/h3-7,9,11,20H,2,8H2,1H3,(H,17,19)(H,18,21). The van der Waals surface area contributed by atoms with Crippen LogP contribution in [0.3, 0.4) is 0 Å². The number of amides is 1. The van der Waals surface area contributed by atoms with E-state index in [0.29, 0.717) is 4.88 Å². The molecule has 0 fully saturated rings. The van der Waals surface area contributed by atoms with Crippen molar-refractivity contribution in [1.82, 2.24) is 10.3 Å². The molecule has 1 aromatic carbocycles. The zero-order valence-electron chi connectivity index (χ0n) is 12.6. The smallest absolute Gasteiger partial charge is 0.263 e. The summed E-state index contributed by atoms with van der Waals surface area (Å²) in [6.07, 6.45) is 0.835. The van der Waals surface area contributed by atoms with Gasteiger partial charge in [-0.05, 0) is 24.4 Å². The summed E-state index contributed by atoms with van der Waals surface area (Å²) in [6.45, 7) is 2.92. The molecule has 3 aromatic rings. The molecule has 7 heteroatoms. The van der Waals surface area contributed by atoms with Gasteiger partial charge >= 0.3 is 0 Å². The number of nitrogens with one attached hydrogen (secondary N) is 2. The van der Waals surface area contributed by atoms with Crippen molar-refractivity contribution in [2.75, 3.05) is 18.4 Å². The monoisotopic (exact) mass is 347 g/mol. The number of aliphatic hydroxyl groups excluding tert-OH is 1. The Morgan fingerprint density at radius 1 is 1.35 bits per heavy atom. The number of fused-ring (bicyclic) bond motifs is 1. The third kappa shape index (κ3) is 3.69. The minimum atomic E-state index is -0.711. The number of thiophene rings is 1. The summed E-state index contributed by atoms with van der Waals surface area (Å²) in [6, 6.07) is 9.95. The van der Waals surface area contributed by atoms with Gasteiger partial charge in [-0.25, -0.2) is 4.98 Å². The van der Waals surface area contributed by atoms with Gasteiger partial charge in [-0.1, -0.05) is 29.5 Å². The van der Waals surface area contributed by atoms with Crippen molar-refractivity contribution in [1.29, 1.82) is 0 Å². The summed E-state index contributed by atoms with van der Waals surface area (Å²) in [5.74, 6) is -0.216. The molecule has 3 N–H and O–H groups in total. The maximum Gasteiger partial charge on any atom is 0.263 e. The molecule has 120 valence electrons. The van der Waals surface area contributed by atoms with E-state index in [2.05, 4.69) is 15.6 Å². The topological polar surface area (TPSA) is 74.2 Å². The first-order chi connectivity index (χ1) is 11.2. The molecule has 0 saturated carbocycles. The van der Waals surface area contributed by atoms with E-state index in [9.17, 15) is 9.90 Å². The Hall–Kier alpha value is -1.96. The number of nitrogens with zero attached hydrogens (tertiary/aromatic N) is 1. The average molecular weight is 347 g/mol. The molecule has 3 rings (SSSR count). The van der Waals surface area contributed by atoms with Crippen LogP contribution in [0.2, 0.25) is 0 Å². The number of carbonyl (C=O) groups excluding carboxylic acids is 1. The molecule has 0 saturated heterocycles. The lowest BCUT2D eigenvalue weighted by molar-refractivity contribution is 0.0922. The molecular weight excluding hydrogens is 330 g/mol. The first-order valence-corrected chi connectivity index (χ1v) is 8.95. The minimum absolute atomic E-state index is 0.181. The molecule has 0 radical (unpaired) electrons. The molecule has 0 aliphatic heterocycles. The first kappa shape index (κ1) is 15.9. The molecule has 1 atom stereocenters. The minimum Gasteiger partial charge on any atom is -0.386 e. The van der Waals surface area contributed by atoms with E-state index in [4.69, 9.17) is 0 Å². The van der Waals surface area contributed by atoms with Gasteiger partial charge < -0.3 is 15.7 Å². The Kier molecular flexibility index (Phi) is 4.90. The summed E-state index contributed by atoms with van der Waals surface area (Å²) in [7, 11) is 0. The molecule has 5 nitrogen and oxygen atoms in total. The average Bonchev–Trinajstić information content (AvgIpc) is 3.19. The quantitative estimate of drug-likeness (QED) is 0.640. The maximum atomic E-state index is 12.1. The van der Waals surface area contributed by atoms with Crippen molar-refractivity contribution in [3.05, 3.63) is 46.3 Å². The highest BCUT2D eigenvalue weighted by atomic mass is 32.1. The van der Waals surface area contributed by atoms with E-state index in [1.54, 1.807) is 17.5 Å². The number of hydrogen-bond acceptors (Lipinski definition) is 6. The van der Waals surface area contributed by atoms with Crippen molar-refractivity contribution in [2.24, 2.45) is 0 Å². The van der Waals surface area contributed by atoms with Crippen LogP contribution in [-0.2, 0) is 0 Å². The Morgan fingerprint density at radius 3 is 2.96 bits per heavy atom. The van der Waals surface area contributed by atoms with Crippen LogP contribution < -0.4 is 10.6 Å². The molecule has 0 spiro atoms. The van der Waals surface area contributed by atoms with Crippen molar-refractivity contribution in [2.45, 2.75) is 13.0 Å². The van der Waals surface area contributed by atoms with E-state index in [-0.39, 0.29) is 12.5 Å². The second kappa shape index (κ2) is 7.08. The molecule has 23 heavy (non-hydrogen) atoms. The van der Waals surface area contributed by atoms with E-state index in [1.165, 1.54) is 11.3 Å². The fourth-order valence-corrected chi connectivity index (χ4v) is 4.01. The van der Waals surface area contributed by atoms with Gasteiger partial charge in [0.2, 0.25) is 0 Å². The van der Waals surface area contributed by atoms with Crippen LogP contribution in [0.1, 0.15) is 27.6 Å². The van der Waals surface area contributed by atoms with Gasteiger partial charge in [-0.15, -0.1) is 11.3 Å². The second-order valence-electron chi connectivity index (χ2n) is 4.97. The van der Waals surface area contributed by atoms with Gasteiger partial charge in [0.1, 0.15) is 11.0 Å². The van der Waals surface area contributed by atoms with Crippen molar-refractivity contribution >= 4 is 43.8 Å². The summed E-state index contributed by atoms with van der Waals surface area (Å²) in [5, 5.41) is 17.9. The normalized spacial score (nSPS) is 12.3. The Labute approximate surface area is 142 Å². The molecule has 0 aliphatic rings. The predicted molar refractivity (Wildman–Crippen MR) is 95.4 cm³/mol. The van der Waals surface area contributed by atoms with Gasteiger partial charge in [-0.3, -0.25) is 4.79 Å². The van der Waals surface area contributed by atoms with Crippen molar-refractivity contribution < 1.29 is 9.90 Å². The van der Waals surface area contributed by atoms with Gasteiger partial charge in [0.25, 0.3) is 5.91 Å². The van der Waals surface area contributed by atoms with Crippen molar-refractivity contribution in [3.8, 4) is 0 Å². The number of aromatic nitrogens is 1. The molecule has 1 unspecified atom stereocenters. The van der Waals surface area contributed by atoms with E-state index in [0.717, 1.165) is 26.6 Å². The zero-order chi connectivity index (χ0) is 16.2. The Morgan fingerprint density at radius 2 is 2.17 bits per heavy atom. The second-order valence-corrected chi connectivity index (χ2v) is 7.12. The number of hydrogen-bond donors (Lipinski definition) is 3. The third-order valence-electron chi connectivity index (χ3n) is 3.29. The maximum absolute atomic E-state index is 12.1. The molecule has 0 aliphatic carbocycles. The fraction of sp³-hybridized carbons (Fsp3) is 0.250. The highest BCUT2D eigenvalue weighted by Crippen LogP contribution is 2.29. The number of rotatable bonds is 6. The predicted octanol–water partition coefficient (Wildman–Crippen LogP) is 3.25. The Bertz CT molecular complexity index is 779. The van der Waals surface area contributed by atoms with Crippen LogP contribution in [-0.4, -0.2) is 29.1 Å². The lowest BCUT2D eigenvalue weighted by Gasteiger charge is -2.09. The number of thiazole rings is 1. The van der Waals surface area contributed by atoms with Crippen LogP contribution in [0.5, 0.6) is 0 Å². The highest BCUT2D eigenvalue weighted by Gasteiger charge is 2.15. The molecule has 1 amide bonds. The van der Waals surface area contributed by atoms with Crippen LogP contribution in [0, 0.1) is 0 Å². The number of carbonyl (C=O) groups is 1. The molecular formula is C16H17N3O2S2. The van der Waals surface area contributed by atoms with Gasteiger partial charge in [0.15, 0.2) is 5.13 Å². The Balaban J connectivity index is 1.61. The van der Waals surface area contributed by atoms with Gasteiger partial charge in [-0.2, -0.15) is 0 Å². The third-order valence-corrected chi connectivity index (χ3v) is 5.46. The van der Waals surface area contributed by atoms with Gasteiger partial charge in [0, 0.05) is 22.7 Å². The largest absolute Gasteiger partial charge is 0.386 e. The SMILES string of the molecule is CCNc1ncc(C(=O)NCC(O)c2cc3ccccc3s2)s1. The van der Waals surface area contributed by atoms with Crippen molar-refractivity contribution in [3.63, 3.8) is 0 Å². The number of aliphatic hydroxyl groups is 1. The summed E-state index contributed by atoms with van der Waals surface area (Å²) < 4.78 is 1.13. The van der Waals surface area contributed by atoms with Crippen LogP contribution in [0.25, 0.3) is 10.1 Å². The zero-order valence-corrected chi connectivity index (χ0v) is 14.2. The fourth-order valence-electron chi connectivity index (χ4n) is 2.16. The number of anilines is 1. The van der Waals surface area contributed by atoms with Crippen LogP contribution in [0.4, 0.5) is 5.13 Å². The van der Waals surface area contributed by atoms with Crippen LogP contribution >= 0.6 is 22.7 Å². The first-order valence-electron chi connectivity index (χ1n) is 7.32.